The lowest BCUT2D eigenvalue weighted by Gasteiger charge is -2.19. The number of aromatic nitrogens is 2. The Morgan fingerprint density at radius 3 is 2.66 bits per heavy atom. The van der Waals surface area contributed by atoms with E-state index >= 15 is 0 Å². The molecule has 0 bridgehead atoms. The number of carboxylic acids is 1. The average Bonchev–Trinajstić information content (AvgIpc) is 3.15. The lowest BCUT2D eigenvalue weighted by Crippen LogP contribution is -2.19. The van der Waals surface area contributed by atoms with Gasteiger partial charge in [-0.2, -0.15) is 18.3 Å². The standard InChI is InChI=1S/C20H16BrF3N2O3/c1-2-26-11-13(10-25-26)16-9-15(21)6-7-17(16)29-18(19(27)28)12-4-3-5-14(8-12)20(22,23)24/h3-11,18H,2H2,1H3,(H,27,28). The quantitative estimate of drug-likeness (QED) is 0.514. The molecule has 5 nitrogen and oxygen atoms in total. The first-order valence-corrected chi connectivity index (χ1v) is 9.37. The van der Waals surface area contributed by atoms with E-state index in [1.165, 1.54) is 6.07 Å². The highest BCUT2D eigenvalue weighted by Crippen LogP contribution is 2.36. The monoisotopic (exact) mass is 468 g/mol. The van der Waals surface area contributed by atoms with Gasteiger partial charge in [0, 0.05) is 33.9 Å². The molecule has 0 radical (unpaired) electrons. The predicted octanol–water partition coefficient (Wildman–Crippen LogP) is 5.56. The van der Waals surface area contributed by atoms with Crippen molar-refractivity contribution in [3.8, 4) is 16.9 Å². The molecular weight excluding hydrogens is 453 g/mol. The van der Waals surface area contributed by atoms with Crippen LogP contribution in [0.3, 0.4) is 0 Å². The molecule has 0 aliphatic carbocycles. The number of hydrogen-bond acceptors (Lipinski definition) is 3. The predicted molar refractivity (Wildman–Crippen MR) is 103 cm³/mol. The molecule has 1 heterocycles. The number of aryl methyl sites for hydroxylation is 1. The van der Waals surface area contributed by atoms with Crippen LogP contribution in [-0.4, -0.2) is 20.9 Å². The van der Waals surface area contributed by atoms with Gasteiger partial charge in [-0.3, -0.25) is 4.68 Å². The maximum atomic E-state index is 13.0. The first-order valence-electron chi connectivity index (χ1n) is 8.58. The van der Waals surface area contributed by atoms with Gasteiger partial charge in [-0.25, -0.2) is 4.79 Å². The minimum absolute atomic E-state index is 0.106. The van der Waals surface area contributed by atoms with Crippen LogP contribution in [0.1, 0.15) is 24.2 Å². The molecule has 2 aromatic carbocycles. The van der Waals surface area contributed by atoms with Crippen molar-refractivity contribution < 1.29 is 27.8 Å². The topological polar surface area (TPSA) is 64.3 Å². The minimum atomic E-state index is -4.59. The number of ether oxygens (including phenoxy) is 1. The molecule has 29 heavy (non-hydrogen) atoms. The molecule has 1 N–H and O–H groups in total. The van der Waals surface area contributed by atoms with Crippen molar-refractivity contribution in [3.05, 3.63) is 70.5 Å². The molecule has 1 atom stereocenters. The number of nitrogens with zero attached hydrogens (tertiary/aromatic N) is 2. The summed E-state index contributed by atoms with van der Waals surface area (Å²) in [7, 11) is 0. The van der Waals surface area contributed by atoms with Crippen molar-refractivity contribution in [2.75, 3.05) is 0 Å². The van der Waals surface area contributed by atoms with Gasteiger partial charge >= 0.3 is 12.1 Å². The molecular formula is C20H16BrF3N2O3. The average molecular weight is 469 g/mol. The van der Waals surface area contributed by atoms with Crippen LogP contribution in [0.5, 0.6) is 5.75 Å². The van der Waals surface area contributed by atoms with Gasteiger partial charge in [0.15, 0.2) is 0 Å². The lowest BCUT2D eigenvalue weighted by atomic mass is 10.0. The van der Waals surface area contributed by atoms with Crippen LogP contribution in [0.15, 0.2) is 59.3 Å². The summed E-state index contributed by atoms with van der Waals surface area (Å²) in [5, 5.41) is 13.8. The molecule has 1 aromatic heterocycles. The Kier molecular flexibility index (Phi) is 5.97. The Morgan fingerprint density at radius 2 is 2.03 bits per heavy atom. The van der Waals surface area contributed by atoms with E-state index in [-0.39, 0.29) is 11.3 Å². The Hall–Kier alpha value is -2.81. The van der Waals surface area contributed by atoms with E-state index in [4.69, 9.17) is 4.74 Å². The fraction of sp³-hybridized carbons (Fsp3) is 0.200. The first-order chi connectivity index (χ1) is 13.7. The molecule has 0 saturated carbocycles. The Balaban J connectivity index is 2.01. The van der Waals surface area contributed by atoms with Crippen LogP contribution >= 0.6 is 15.9 Å². The zero-order valence-electron chi connectivity index (χ0n) is 15.2. The number of hydrogen-bond donors (Lipinski definition) is 1. The summed E-state index contributed by atoms with van der Waals surface area (Å²) in [6.07, 6.45) is -2.82. The van der Waals surface area contributed by atoms with E-state index in [0.29, 0.717) is 17.7 Å². The number of halogens is 4. The van der Waals surface area contributed by atoms with Crippen molar-refractivity contribution in [2.24, 2.45) is 0 Å². The molecule has 0 fully saturated rings. The highest BCUT2D eigenvalue weighted by Gasteiger charge is 2.32. The summed E-state index contributed by atoms with van der Waals surface area (Å²) in [6, 6.07) is 9.07. The maximum Gasteiger partial charge on any atom is 0.416 e. The highest BCUT2D eigenvalue weighted by molar-refractivity contribution is 9.10. The van der Waals surface area contributed by atoms with Crippen LogP contribution in [0.25, 0.3) is 11.1 Å². The van der Waals surface area contributed by atoms with E-state index in [1.54, 1.807) is 35.3 Å². The van der Waals surface area contributed by atoms with Crippen molar-refractivity contribution in [2.45, 2.75) is 25.7 Å². The Labute approximate surface area is 172 Å². The zero-order chi connectivity index (χ0) is 21.2. The van der Waals surface area contributed by atoms with Crippen molar-refractivity contribution in [1.29, 1.82) is 0 Å². The maximum absolute atomic E-state index is 13.0. The highest BCUT2D eigenvalue weighted by atomic mass is 79.9. The first kappa shape index (κ1) is 20.9. The van der Waals surface area contributed by atoms with E-state index in [1.807, 2.05) is 6.92 Å². The van der Waals surface area contributed by atoms with Crippen molar-refractivity contribution in [1.82, 2.24) is 9.78 Å². The van der Waals surface area contributed by atoms with E-state index in [0.717, 1.165) is 22.7 Å². The van der Waals surface area contributed by atoms with Crippen LogP contribution < -0.4 is 4.74 Å². The van der Waals surface area contributed by atoms with Crippen LogP contribution in [0.2, 0.25) is 0 Å². The number of alkyl halides is 3. The lowest BCUT2D eigenvalue weighted by molar-refractivity contribution is -0.146. The summed E-state index contributed by atoms with van der Waals surface area (Å²) < 4.78 is 47.2. The number of aliphatic carboxylic acids is 1. The molecule has 9 heteroatoms. The summed E-state index contributed by atoms with van der Waals surface area (Å²) in [4.78, 5) is 11.8. The molecule has 3 aromatic rings. The third-order valence-corrected chi connectivity index (χ3v) is 4.69. The molecule has 0 saturated heterocycles. The third kappa shape index (κ3) is 4.79. The van der Waals surface area contributed by atoms with Crippen molar-refractivity contribution in [3.63, 3.8) is 0 Å². The molecule has 3 rings (SSSR count). The third-order valence-electron chi connectivity index (χ3n) is 4.20. The van der Waals surface area contributed by atoms with Gasteiger partial charge in [0.2, 0.25) is 6.10 Å². The van der Waals surface area contributed by atoms with Crippen LogP contribution in [0.4, 0.5) is 13.2 Å². The molecule has 152 valence electrons. The molecule has 0 aliphatic heterocycles. The summed E-state index contributed by atoms with van der Waals surface area (Å²) in [6.45, 7) is 2.56. The van der Waals surface area contributed by atoms with Gasteiger partial charge in [0.25, 0.3) is 0 Å². The summed E-state index contributed by atoms with van der Waals surface area (Å²) >= 11 is 3.36. The van der Waals surface area contributed by atoms with E-state index in [9.17, 15) is 23.1 Å². The normalized spacial score (nSPS) is 12.6. The van der Waals surface area contributed by atoms with Crippen LogP contribution in [0, 0.1) is 0 Å². The molecule has 0 spiro atoms. The van der Waals surface area contributed by atoms with Gasteiger partial charge < -0.3 is 9.84 Å². The molecule has 0 aliphatic rings. The number of benzene rings is 2. The second-order valence-corrected chi connectivity index (χ2v) is 7.10. The van der Waals surface area contributed by atoms with E-state index in [2.05, 4.69) is 21.0 Å². The second kappa shape index (κ2) is 8.28. The van der Waals surface area contributed by atoms with Gasteiger partial charge in [-0.1, -0.05) is 28.1 Å². The smallest absolute Gasteiger partial charge is 0.416 e. The molecule has 0 amide bonds. The fourth-order valence-corrected chi connectivity index (χ4v) is 3.13. The Bertz CT molecular complexity index is 1030. The van der Waals surface area contributed by atoms with Crippen molar-refractivity contribution >= 4 is 21.9 Å². The number of carbonyl (C=O) groups is 1. The number of rotatable bonds is 6. The fourth-order valence-electron chi connectivity index (χ4n) is 2.77. The zero-order valence-corrected chi connectivity index (χ0v) is 16.7. The summed E-state index contributed by atoms with van der Waals surface area (Å²) in [5.41, 5.74) is 0.212. The van der Waals surface area contributed by atoms with E-state index < -0.39 is 23.8 Å². The van der Waals surface area contributed by atoms with Gasteiger partial charge in [0.1, 0.15) is 5.75 Å². The minimum Gasteiger partial charge on any atom is -0.478 e. The van der Waals surface area contributed by atoms with Gasteiger partial charge in [0.05, 0.1) is 11.8 Å². The number of carboxylic acid groups (broad SMARTS) is 1. The van der Waals surface area contributed by atoms with Crippen LogP contribution in [-0.2, 0) is 17.5 Å². The van der Waals surface area contributed by atoms with Gasteiger partial charge in [-0.15, -0.1) is 0 Å². The summed E-state index contributed by atoms with van der Waals surface area (Å²) in [5.74, 6) is -1.18. The SMILES string of the molecule is CCn1cc(-c2cc(Br)ccc2OC(C(=O)O)c2cccc(C(F)(F)F)c2)cn1. The molecule has 1 unspecified atom stereocenters. The van der Waals surface area contributed by atoms with Gasteiger partial charge in [-0.05, 0) is 37.3 Å². The largest absolute Gasteiger partial charge is 0.478 e. The Morgan fingerprint density at radius 1 is 1.28 bits per heavy atom. The second-order valence-electron chi connectivity index (χ2n) is 6.18.